The van der Waals surface area contributed by atoms with Gasteiger partial charge in [0, 0.05) is 23.5 Å². The number of nitrogens with one attached hydrogen (secondary N) is 1. The molecule has 0 amide bonds. The van der Waals surface area contributed by atoms with Gasteiger partial charge in [0.15, 0.2) is 0 Å². The fourth-order valence-corrected chi connectivity index (χ4v) is 1.76. The van der Waals surface area contributed by atoms with E-state index in [2.05, 4.69) is 9.72 Å². The lowest BCUT2D eigenvalue weighted by Crippen LogP contribution is -2.01. The van der Waals surface area contributed by atoms with Crippen LogP contribution in [0.5, 0.6) is 0 Å². The second kappa shape index (κ2) is 4.53. The number of ether oxygens (including phenoxy) is 1. The quantitative estimate of drug-likeness (QED) is 0.837. The topological polar surface area (TPSA) is 42.1 Å². The zero-order valence-electron chi connectivity index (χ0n) is 9.17. The largest absolute Gasteiger partial charge is 0.465 e. The lowest BCUT2D eigenvalue weighted by Gasteiger charge is -2.01. The van der Waals surface area contributed by atoms with Gasteiger partial charge in [0.2, 0.25) is 6.43 Å². The van der Waals surface area contributed by atoms with Crippen LogP contribution >= 0.6 is 0 Å². The normalized spacial score (nSPS) is 11.1. The Morgan fingerprint density at radius 3 is 2.88 bits per heavy atom. The van der Waals surface area contributed by atoms with Crippen molar-refractivity contribution in [3.05, 3.63) is 35.5 Å². The minimum absolute atomic E-state index is 0.329. The summed E-state index contributed by atoms with van der Waals surface area (Å²) in [4.78, 5) is 14.2. The molecule has 1 aromatic heterocycles. The Bertz CT molecular complexity index is 548. The van der Waals surface area contributed by atoms with Crippen LogP contribution < -0.4 is 0 Å². The molecule has 0 bridgehead atoms. The van der Waals surface area contributed by atoms with Gasteiger partial charge in [-0.05, 0) is 23.8 Å². The first kappa shape index (κ1) is 11.6. The highest BCUT2D eigenvalue weighted by Gasteiger charge is 2.12. The lowest BCUT2D eigenvalue weighted by atomic mass is 10.1. The van der Waals surface area contributed by atoms with E-state index in [1.54, 1.807) is 18.2 Å². The third-order valence-electron chi connectivity index (χ3n) is 2.56. The van der Waals surface area contributed by atoms with Crippen molar-refractivity contribution in [1.82, 2.24) is 4.98 Å². The zero-order valence-corrected chi connectivity index (χ0v) is 9.17. The van der Waals surface area contributed by atoms with Gasteiger partial charge in [-0.2, -0.15) is 0 Å². The average molecular weight is 239 g/mol. The number of hydrogen-bond acceptors (Lipinski definition) is 2. The zero-order chi connectivity index (χ0) is 12.4. The van der Waals surface area contributed by atoms with E-state index in [1.165, 1.54) is 13.3 Å². The molecule has 0 spiro atoms. The molecule has 0 atom stereocenters. The number of fused-ring (bicyclic) bond motifs is 1. The van der Waals surface area contributed by atoms with Gasteiger partial charge >= 0.3 is 5.97 Å². The fraction of sp³-hybridized carbons (Fsp3) is 0.250. The summed E-state index contributed by atoms with van der Waals surface area (Å²) < 4.78 is 29.3. The van der Waals surface area contributed by atoms with E-state index >= 15 is 0 Å². The predicted molar refractivity (Wildman–Crippen MR) is 59.3 cm³/mol. The monoisotopic (exact) mass is 239 g/mol. The number of H-pyrrole nitrogens is 1. The van der Waals surface area contributed by atoms with E-state index in [0.717, 1.165) is 5.52 Å². The molecule has 0 saturated carbocycles. The van der Waals surface area contributed by atoms with E-state index in [4.69, 9.17) is 0 Å². The standard InChI is InChI=1S/C12H11F2NO2/c1-17-12(16)7-2-3-10-9(4-7)8(6-15-10)5-11(13)14/h2-4,6,11,15H,5H2,1H3. The van der Waals surface area contributed by atoms with Crippen LogP contribution in [0.15, 0.2) is 24.4 Å². The molecule has 1 N–H and O–H groups in total. The van der Waals surface area contributed by atoms with Crippen molar-refractivity contribution in [2.24, 2.45) is 0 Å². The molecule has 1 aromatic carbocycles. The van der Waals surface area contributed by atoms with Crippen LogP contribution in [0.3, 0.4) is 0 Å². The number of aromatic nitrogens is 1. The Kier molecular flexibility index (Phi) is 3.08. The van der Waals surface area contributed by atoms with Crippen molar-refractivity contribution in [2.75, 3.05) is 7.11 Å². The van der Waals surface area contributed by atoms with E-state index in [1.807, 2.05) is 0 Å². The molecule has 0 saturated heterocycles. The third kappa shape index (κ3) is 2.27. The second-order valence-corrected chi connectivity index (χ2v) is 3.66. The van der Waals surface area contributed by atoms with Gasteiger partial charge in [-0.1, -0.05) is 0 Å². The Morgan fingerprint density at radius 1 is 1.47 bits per heavy atom. The highest BCUT2D eigenvalue weighted by atomic mass is 19.3. The molecule has 2 rings (SSSR count). The Labute approximate surface area is 96.4 Å². The smallest absolute Gasteiger partial charge is 0.337 e. The van der Waals surface area contributed by atoms with Gasteiger partial charge < -0.3 is 9.72 Å². The highest BCUT2D eigenvalue weighted by molar-refractivity contribution is 5.95. The number of hydrogen-bond donors (Lipinski definition) is 1. The van der Waals surface area contributed by atoms with Crippen LogP contribution in [0.2, 0.25) is 0 Å². The van der Waals surface area contributed by atoms with E-state index in [0.29, 0.717) is 16.5 Å². The summed E-state index contributed by atoms with van der Waals surface area (Å²) in [6.07, 6.45) is -1.20. The number of halogens is 2. The molecule has 90 valence electrons. The van der Waals surface area contributed by atoms with Crippen molar-refractivity contribution in [1.29, 1.82) is 0 Å². The minimum Gasteiger partial charge on any atom is -0.465 e. The van der Waals surface area contributed by atoms with Crippen LogP contribution in [-0.2, 0) is 11.2 Å². The third-order valence-corrected chi connectivity index (χ3v) is 2.56. The molecule has 0 unspecified atom stereocenters. The number of rotatable bonds is 3. The SMILES string of the molecule is COC(=O)c1ccc2[nH]cc(CC(F)F)c2c1. The van der Waals surface area contributed by atoms with Crippen molar-refractivity contribution < 1.29 is 18.3 Å². The predicted octanol–water partition coefficient (Wildman–Crippen LogP) is 2.76. The number of methoxy groups -OCH3 is 1. The molecular formula is C12H11F2NO2. The number of benzene rings is 1. The number of carbonyl (C=O) groups excluding carboxylic acids is 1. The van der Waals surface area contributed by atoms with Crippen LogP contribution in [-0.4, -0.2) is 24.5 Å². The van der Waals surface area contributed by atoms with Crippen LogP contribution in [0.4, 0.5) is 8.78 Å². The molecule has 2 aromatic rings. The average Bonchev–Trinajstić information content (AvgIpc) is 2.70. The van der Waals surface area contributed by atoms with Gasteiger partial charge in [-0.15, -0.1) is 0 Å². The summed E-state index contributed by atoms with van der Waals surface area (Å²) in [5.41, 5.74) is 1.59. The van der Waals surface area contributed by atoms with E-state index in [9.17, 15) is 13.6 Å². The molecule has 0 aliphatic heterocycles. The summed E-state index contributed by atoms with van der Waals surface area (Å²) in [7, 11) is 1.28. The van der Waals surface area contributed by atoms with Gasteiger partial charge in [0.05, 0.1) is 12.7 Å². The number of esters is 1. The van der Waals surface area contributed by atoms with Crippen molar-refractivity contribution in [3.63, 3.8) is 0 Å². The fourth-order valence-electron chi connectivity index (χ4n) is 1.76. The Morgan fingerprint density at radius 2 is 2.24 bits per heavy atom. The molecular weight excluding hydrogens is 228 g/mol. The van der Waals surface area contributed by atoms with Gasteiger partial charge in [-0.25, -0.2) is 13.6 Å². The molecule has 1 heterocycles. The summed E-state index contributed by atoms with van der Waals surface area (Å²) >= 11 is 0. The van der Waals surface area contributed by atoms with E-state index in [-0.39, 0.29) is 6.42 Å². The Hall–Kier alpha value is -1.91. The molecule has 0 radical (unpaired) electrons. The van der Waals surface area contributed by atoms with Crippen molar-refractivity contribution in [2.45, 2.75) is 12.8 Å². The van der Waals surface area contributed by atoms with Gasteiger partial charge in [0.25, 0.3) is 0 Å². The molecule has 3 nitrogen and oxygen atoms in total. The van der Waals surface area contributed by atoms with Crippen molar-refractivity contribution in [3.8, 4) is 0 Å². The number of alkyl halides is 2. The molecule has 0 aliphatic carbocycles. The maximum absolute atomic E-state index is 12.3. The highest BCUT2D eigenvalue weighted by Crippen LogP contribution is 2.22. The van der Waals surface area contributed by atoms with Crippen LogP contribution in [0.1, 0.15) is 15.9 Å². The van der Waals surface area contributed by atoms with E-state index < -0.39 is 12.4 Å². The first-order valence-electron chi connectivity index (χ1n) is 5.08. The number of carbonyl (C=O) groups is 1. The molecule has 0 fully saturated rings. The number of aromatic amines is 1. The van der Waals surface area contributed by atoms with Crippen LogP contribution in [0.25, 0.3) is 10.9 Å². The summed E-state index contributed by atoms with van der Waals surface area (Å²) in [5.74, 6) is -0.476. The lowest BCUT2D eigenvalue weighted by molar-refractivity contribution is 0.0601. The summed E-state index contributed by atoms with van der Waals surface area (Å²) in [6.45, 7) is 0. The van der Waals surface area contributed by atoms with Gasteiger partial charge in [0.1, 0.15) is 0 Å². The molecule has 0 aliphatic rings. The first-order chi connectivity index (χ1) is 8.11. The minimum atomic E-state index is -2.41. The first-order valence-corrected chi connectivity index (χ1v) is 5.08. The summed E-state index contributed by atoms with van der Waals surface area (Å²) in [6, 6.07) is 4.84. The van der Waals surface area contributed by atoms with Gasteiger partial charge in [-0.3, -0.25) is 0 Å². The van der Waals surface area contributed by atoms with Crippen LogP contribution in [0, 0.1) is 0 Å². The maximum Gasteiger partial charge on any atom is 0.337 e. The Balaban J connectivity index is 2.46. The van der Waals surface area contributed by atoms with Crippen molar-refractivity contribution >= 4 is 16.9 Å². The maximum atomic E-state index is 12.3. The molecule has 17 heavy (non-hydrogen) atoms. The molecule has 5 heteroatoms. The second-order valence-electron chi connectivity index (χ2n) is 3.66. The summed E-state index contributed by atoms with van der Waals surface area (Å²) in [5, 5.41) is 0.633.